The number of halogens is 1. The Hall–Kier alpha value is -4.20. The fourth-order valence-electron chi connectivity index (χ4n) is 4.51. The van der Waals surface area contributed by atoms with Crippen LogP contribution in [0.15, 0.2) is 77.4 Å². The third-order valence-corrected chi connectivity index (χ3v) is 6.40. The lowest BCUT2D eigenvalue weighted by molar-refractivity contribution is -0.126. The first-order chi connectivity index (χ1) is 16.9. The van der Waals surface area contributed by atoms with Gasteiger partial charge >= 0.3 is 0 Å². The van der Waals surface area contributed by atoms with Gasteiger partial charge in [0.05, 0.1) is 12.8 Å². The van der Waals surface area contributed by atoms with Crippen LogP contribution >= 0.6 is 0 Å². The molecular formula is C27H25FN4O3. The number of furan rings is 1. The fourth-order valence-corrected chi connectivity index (χ4v) is 4.51. The van der Waals surface area contributed by atoms with E-state index in [9.17, 15) is 14.0 Å². The van der Waals surface area contributed by atoms with Gasteiger partial charge in [-0.15, -0.1) is 0 Å². The molecule has 0 saturated carbocycles. The summed E-state index contributed by atoms with van der Waals surface area (Å²) in [6.45, 7) is 4.12. The molecule has 8 heteroatoms. The number of aromatic nitrogens is 2. The van der Waals surface area contributed by atoms with Gasteiger partial charge in [-0.25, -0.2) is 4.39 Å². The number of carbonyl (C=O) groups is 2. The smallest absolute Gasteiger partial charge is 0.277 e. The maximum Gasteiger partial charge on any atom is 0.277 e. The number of aryl methyl sites for hydroxylation is 1. The summed E-state index contributed by atoms with van der Waals surface area (Å²) in [7, 11) is 0. The molecule has 1 atom stereocenters. The van der Waals surface area contributed by atoms with E-state index < -0.39 is 5.54 Å². The summed E-state index contributed by atoms with van der Waals surface area (Å²) in [6, 6.07) is 18.8. The van der Waals surface area contributed by atoms with Gasteiger partial charge in [0.1, 0.15) is 22.7 Å². The van der Waals surface area contributed by atoms with Gasteiger partial charge in [-0.05, 0) is 54.8 Å². The topological polar surface area (TPSA) is 80.4 Å². The zero-order chi connectivity index (χ0) is 24.6. The van der Waals surface area contributed by atoms with Crippen LogP contribution in [0, 0.1) is 5.82 Å². The van der Waals surface area contributed by atoms with Gasteiger partial charge in [0.15, 0.2) is 5.76 Å². The molecule has 0 saturated heterocycles. The Bertz CT molecular complexity index is 1380. The fraction of sp³-hybridized carbons (Fsp3) is 0.222. The van der Waals surface area contributed by atoms with E-state index in [0.29, 0.717) is 29.3 Å². The van der Waals surface area contributed by atoms with E-state index in [1.165, 1.54) is 12.1 Å². The minimum absolute atomic E-state index is 0.155. The van der Waals surface area contributed by atoms with Crippen LogP contribution in [0.25, 0.3) is 11.5 Å². The minimum atomic E-state index is -1.26. The van der Waals surface area contributed by atoms with Crippen LogP contribution in [0.5, 0.6) is 0 Å². The predicted molar refractivity (Wildman–Crippen MR) is 129 cm³/mol. The molecule has 2 amide bonds. The van der Waals surface area contributed by atoms with E-state index in [2.05, 4.69) is 10.4 Å². The molecule has 0 aliphatic carbocycles. The number of amides is 2. The van der Waals surface area contributed by atoms with E-state index in [-0.39, 0.29) is 30.7 Å². The van der Waals surface area contributed by atoms with Gasteiger partial charge in [0.25, 0.3) is 5.91 Å². The maximum absolute atomic E-state index is 13.9. The molecule has 35 heavy (non-hydrogen) atoms. The van der Waals surface area contributed by atoms with Crippen molar-refractivity contribution in [3.05, 3.63) is 95.6 Å². The molecule has 0 bridgehead atoms. The molecule has 5 rings (SSSR count). The van der Waals surface area contributed by atoms with Crippen LogP contribution in [0.3, 0.4) is 0 Å². The molecule has 0 unspecified atom stereocenters. The number of para-hydroxylation sites is 1. The summed E-state index contributed by atoms with van der Waals surface area (Å²) >= 11 is 0. The molecule has 178 valence electrons. The van der Waals surface area contributed by atoms with E-state index in [1.807, 2.05) is 31.2 Å². The second-order valence-corrected chi connectivity index (χ2v) is 8.76. The third kappa shape index (κ3) is 4.01. The first-order valence-corrected chi connectivity index (χ1v) is 11.5. The molecular weight excluding hydrogens is 447 g/mol. The van der Waals surface area contributed by atoms with Gasteiger partial charge < -0.3 is 9.73 Å². The lowest BCUT2D eigenvalue weighted by atomic mass is 9.92. The molecule has 0 radical (unpaired) electrons. The number of rotatable bonds is 6. The normalized spacial score (nSPS) is 17.3. The van der Waals surface area contributed by atoms with Crippen molar-refractivity contribution in [1.82, 2.24) is 15.1 Å². The lowest BCUT2D eigenvalue weighted by Gasteiger charge is -2.43. The Kier molecular flexibility index (Phi) is 5.72. The summed E-state index contributed by atoms with van der Waals surface area (Å²) in [5.74, 6) is -0.447. The summed E-state index contributed by atoms with van der Waals surface area (Å²) in [5.41, 5.74) is 2.04. The molecule has 2 aromatic carbocycles. The summed E-state index contributed by atoms with van der Waals surface area (Å²) in [6.07, 6.45) is 2.25. The van der Waals surface area contributed by atoms with Gasteiger partial charge in [-0.1, -0.05) is 37.3 Å². The molecule has 0 spiro atoms. The zero-order valence-electron chi connectivity index (χ0n) is 19.5. The van der Waals surface area contributed by atoms with Gasteiger partial charge in [-0.3, -0.25) is 19.2 Å². The third-order valence-electron chi connectivity index (χ3n) is 6.40. The molecule has 3 heterocycles. The van der Waals surface area contributed by atoms with Crippen LogP contribution in [0.2, 0.25) is 0 Å². The monoisotopic (exact) mass is 472 g/mol. The van der Waals surface area contributed by atoms with E-state index >= 15 is 0 Å². The van der Waals surface area contributed by atoms with E-state index in [4.69, 9.17) is 4.42 Å². The number of nitrogens with one attached hydrogen (secondary N) is 1. The second kappa shape index (κ2) is 8.87. The Morgan fingerprint density at radius 3 is 2.63 bits per heavy atom. The quantitative estimate of drug-likeness (QED) is 0.446. The Morgan fingerprint density at radius 2 is 1.91 bits per heavy atom. The van der Waals surface area contributed by atoms with E-state index in [0.717, 1.165) is 11.1 Å². The van der Waals surface area contributed by atoms with Gasteiger partial charge in [0, 0.05) is 18.3 Å². The molecule has 7 nitrogen and oxygen atoms in total. The largest absolute Gasteiger partial charge is 0.463 e. The number of hydrogen-bond donors (Lipinski definition) is 1. The van der Waals surface area contributed by atoms with Crippen molar-refractivity contribution in [2.75, 3.05) is 4.90 Å². The van der Waals surface area contributed by atoms with Gasteiger partial charge in [-0.2, -0.15) is 5.10 Å². The second-order valence-electron chi connectivity index (χ2n) is 8.76. The molecule has 2 aromatic heterocycles. The summed E-state index contributed by atoms with van der Waals surface area (Å²) < 4.78 is 20.3. The Labute approximate surface area is 202 Å². The molecule has 4 aromatic rings. The number of anilines is 1. The molecule has 1 N–H and O–H groups in total. The highest BCUT2D eigenvalue weighted by Crippen LogP contribution is 2.36. The maximum atomic E-state index is 13.9. The standard InChI is InChI=1S/C27H25FN4O3/c1-3-19-7-4-5-8-22(19)32-25(33)23-15-21(24-9-6-14-35-24)30-31(23)17-27(32,2)26(34)29-16-18-10-12-20(28)13-11-18/h4-15H,3,16-17H2,1-2H3,(H,29,34)/t27-/m0/s1. The van der Waals surface area contributed by atoms with Crippen molar-refractivity contribution in [2.24, 2.45) is 0 Å². The molecule has 1 aliphatic heterocycles. The number of hydrogen-bond acceptors (Lipinski definition) is 4. The number of carbonyl (C=O) groups excluding carboxylic acids is 2. The molecule has 1 aliphatic rings. The Morgan fingerprint density at radius 1 is 1.14 bits per heavy atom. The van der Waals surface area contributed by atoms with Crippen molar-refractivity contribution in [2.45, 2.75) is 38.9 Å². The average Bonchev–Trinajstić information content (AvgIpc) is 3.54. The number of nitrogens with zero attached hydrogens (tertiary/aromatic N) is 3. The average molecular weight is 473 g/mol. The van der Waals surface area contributed by atoms with E-state index in [1.54, 1.807) is 53.1 Å². The van der Waals surface area contributed by atoms with Crippen LogP contribution in [-0.2, 0) is 24.3 Å². The van der Waals surface area contributed by atoms with Crippen molar-refractivity contribution in [1.29, 1.82) is 0 Å². The SMILES string of the molecule is CCc1ccccc1N1C(=O)c2cc(-c3ccco3)nn2C[C@@]1(C)C(=O)NCc1ccc(F)cc1. The minimum Gasteiger partial charge on any atom is -0.463 e. The first-order valence-electron chi connectivity index (χ1n) is 11.5. The predicted octanol–water partition coefficient (Wildman–Crippen LogP) is 4.58. The number of benzene rings is 2. The van der Waals surface area contributed by atoms with Crippen molar-refractivity contribution >= 4 is 17.5 Å². The highest BCUT2D eigenvalue weighted by atomic mass is 19.1. The van der Waals surface area contributed by atoms with Crippen LogP contribution in [0.4, 0.5) is 10.1 Å². The van der Waals surface area contributed by atoms with Crippen LogP contribution in [0.1, 0.15) is 35.5 Å². The summed E-state index contributed by atoms with van der Waals surface area (Å²) in [5, 5.41) is 7.51. The van der Waals surface area contributed by atoms with Crippen molar-refractivity contribution < 1.29 is 18.4 Å². The van der Waals surface area contributed by atoms with Crippen LogP contribution < -0.4 is 10.2 Å². The Balaban J connectivity index is 1.55. The highest BCUT2D eigenvalue weighted by Gasteiger charge is 2.49. The first kappa shape index (κ1) is 22.6. The molecule has 0 fully saturated rings. The van der Waals surface area contributed by atoms with Gasteiger partial charge in [0.2, 0.25) is 5.91 Å². The van der Waals surface area contributed by atoms with Crippen LogP contribution in [-0.4, -0.2) is 27.1 Å². The number of fused-ring (bicyclic) bond motifs is 1. The lowest BCUT2D eigenvalue weighted by Crippen LogP contribution is -2.64. The highest BCUT2D eigenvalue weighted by molar-refractivity contribution is 6.12. The summed E-state index contributed by atoms with van der Waals surface area (Å²) in [4.78, 5) is 29.2. The van der Waals surface area contributed by atoms with Crippen molar-refractivity contribution in [3.63, 3.8) is 0 Å². The van der Waals surface area contributed by atoms with Crippen molar-refractivity contribution in [3.8, 4) is 11.5 Å². The zero-order valence-corrected chi connectivity index (χ0v) is 19.5.